The summed E-state index contributed by atoms with van der Waals surface area (Å²) in [5.74, 6) is 1.23. The van der Waals surface area contributed by atoms with Gasteiger partial charge in [0, 0.05) is 29.9 Å². The Balaban J connectivity index is 1.53. The first-order valence-corrected chi connectivity index (χ1v) is 13.5. The van der Waals surface area contributed by atoms with Crippen molar-refractivity contribution in [3.8, 4) is 0 Å². The molecule has 0 radical (unpaired) electrons. The highest BCUT2D eigenvalue weighted by atomic mass is 16.3. The minimum atomic E-state index is -0.342. The molecule has 6 rings (SSSR count). The smallest absolute Gasteiger partial charge is 0.252 e. The van der Waals surface area contributed by atoms with Crippen molar-refractivity contribution >= 4 is 10.9 Å². The maximum atomic E-state index is 13.7. The molecule has 0 unspecified atom stereocenters. The number of hydrogen-bond acceptors (Lipinski definition) is 6. The molecule has 0 spiro atoms. The van der Waals surface area contributed by atoms with Gasteiger partial charge in [0.15, 0.2) is 5.82 Å². The van der Waals surface area contributed by atoms with Crippen LogP contribution in [0.5, 0.6) is 0 Å². The first-order chi connectivity index (χ1) is 18.7. The van der Waals surface area contributed by atoms with Crippen LogP contribution in [0.15, 0.2) is 76.4 Å². The zero-order valence-electron chi connectivity index (χ0n) is 21.6. The molecule has 8 nitrogen and oxygen atoms in total. The summed E-state index contributed by atoms with van der Waals surface area (Å²) >= 11 is 0. The maximum Gasteiger partial charge on any atom is 0.252 e. The van der Waals surface area contributed by atoms with Gasteiger partial charge in [-0.25, -0.2) is 4.68 Å². The van der Waals surface area contributed by atoms with Gasteiger partial charge in [-0.15, -0.1) is 5.10 Å². The third-order valence-electron chi connectivity index (χ3n) is 7.82. The molecule has 0 amide bonds. The van der Waals surface area contributed by atoms with Gasteiger partial charge in [-0.3, -0.25) is 9.78 Å². The molecule has 2 atom stereocenters. The monoisotopic (exact) mass is 508 g/mol. The molecule has 38 heavy (non-hydrogen) atoms. The second kappa shape index (κ2) is 10.7. The highest BCUT2D eigenvalue weighted by Crippen LogP contribution is 2.37. The molecule has 5 aromatic rings. The van der Waals surface area contributed by atoms with Crippen LogP contribution in [0.25, 0.3) is 10.9 Å². The standard InChI is InChI=1S/C30H32N6O2/c1-20-11-12-27-22(15-20)18-26(30(37)32-27)28(29-33-34-35-36(29)24-8-3-2-4-9-24)23(17-25-10-6-14-38-25)16-21-7-5-13-31-19-21/h5-7,10-15,18-19,23-24,28H,2-4,8-9,16-17H2,1H3,(H,32,37)/t23-,28+/m1/s1. The topological polar surface area (TPSA) is 102 Å². The van der Waals surface area contributed by atoms with Crippen LogP contribution in [0, 0.1) is 12.8 Å². The summed E-state index contributed by atoms with van der Waals surface area (Å²) in [6.07, 6.45) is 12.4. The van der Waals surface area contributed by atoms with Crippen molar-refractivity contribution in [3.63, 3.8) is 0 Å². The summed E-state index contributed by atoms with van der Waals surface area (Å²) in [5, 5.41) is 14.2. The molecule has 194 valence electrons. The number of furan rings is 1. The van der Waals surface area contributed by atoms with Gasteiger partial charge in [-0.1, -0.05) is 37.0 Å². The number of nitrogens with one attached hydrogen (secondary N) is 1. The van der Waals surface area contributed by atoms with Gasteiger partial charge in [0.2, 0.25) is 0 Å². The highest BCUT2D eigenvalue weighted by molar-refractivity contribution is 5.79. The average Bonchev–Trinajstić information content (AvgIpc) is 3.63. The molecule has 4 aromatic heterocycles. The van der Waals surface area contributed by atoms with Crippen LogP contribution >= 0.6 is 0 Å². The van der Waals surface area contributed by atoms with Crippen LogP contribution in [-0.2, 0) is 12.8 Å². The molecule has 1 aromatic carbocycles. The Hall–Kier alpha value is -4.07. The third-order valence-corrected chi connectivity index (χ3v) is 7.82. The Morgan fingerprint density at radius 1 is 1.08 bits per heavy atom. The van der Waals surface area contributed by atoms with E-state index < -0.39 is 0 Å². The fraction of sp³-hybridized carbons (Fsp3) is 0.367. The second-order valence-corrected chi connectivity index (χ2v) is 10.5. The number of aromatic nitrogens is 6. The fourth-order valence-corrected chi connectivity index (χ4v) is 5.99. The number of H-pyrrole nitrogens is 1. The van der Waals surface area contributed by atoms with Gasteiger partial charge < -0.3 is 9.40 Å². The Kier molecular flexibility index (Phi) is 6.86. The molecule has 4 heterocycles. The number of pyridine rings is 2. The lowest BCUT2D eigenvalue weighted by molar-refractivity contribution is 0.302. The first kappa shape index (κ1) is 24.3. The minimum Gasteiger partial charge on any atom is -0.469 e. The lowest BCUT2D eigenvalue weighted by atomic mass is 9.79. The van der Waals surface area contributed by atoms with Crippen LogP contribution in [0.4, 0.5) is 0 Å². The predicted molar refractivity (Wildman–Crippen MR) is 145 cm³/mol. The number of aryl methyl sites for hydroxylation is 1. The van der Waals surface area contributed by atoms with Crippen molar-refractivity contribution < 1.29 is 4.42 Å². The zero-order valence-corrected chi connectivity index (χ0v) is 21.6. The lowest BCUT2D eigenvalue weighted by Gasteiger charge is -2.29. The molecule has 1 N–H and O–H groups in total. The molecular formula is C30H32N6O2. The Morgan fingerprint density at radius 3 is 2.76 bits per heavy atom. The van der Waals surface area contributed by atoms with Gasteiger partial charge in [0.25, 0.3) is 5.56 Å². The van der Waals surface area contributed by atoms with Crippen LogP contribution in [0.2, 0.25) is 0 Å². The molecule has 1 saturated carbocycles. The number of fused-ring (bicyclic) bond motifs is 1. The van der Waals surface area contributed by atoms with Crippen molar-refractivity contribution in [1.82, 2.24) is 30.2 Å². The summed E-state index contributed by atoms with van der Waals surface area (Å²) in [4.78, 5) is 21.2. The Bertz CT molecular complexity index is 1550. The normalized spacial score (nSPS) is 16.0. The van der Waals surface area contributed by atoms with E-state index in [4.69, 9.17) is 4.42 Å². The van der Waals surface area contributed by atoms with Gasteiger partial charge >= 0.3 is 0 Å². The molecule has 0 aliphatic heterocycles. The van der Waals surface area contributed by atoms with Crippen molar-refractivity contribution in [2.45, 2.75) is 63.8 Å². The van der Waals surface area contributed by atoms with Gasteiger partial charge in [-0.05, 0) is 89.9 Å². The quantitative estimate of drug-likeness (QED) is 0.295. The van der Waals surface area contributed by atoms with Gasteiger partial charge in [0.05, 0.1) is 18.2 Å². The third kappa shape index (κ3) is 5.03. The molecule has 1 fully saturated rings. The second-order valence-electron chi connectivity index (χ2n) is 10.5. The van der Waals surface area contributed by atoms with E-state index in [1.165, 1.54) is 6.42 Å². The Labute approximate surface area is 221 Å². The van der Waals surface area contributed by atoms with Gasteiger partial charge in [0.1, 0.15) is 5.76 Å². The summed E-state index contributed by atoms with van der Waals surface area (Å²) in [5.41, 5.74) is 3.63. The highest BCUT2D eigenvalue weighted by Gasteiger charge is 2.35. The van der Waals surface area contributed by atoms with Crippen molar-refractivity contribution in [2.75, 3.05) is 0 Å². The number of aromatic amines is 1. The molecule has 0 saturated heterocycles. The van der Waals surface area contributed by atoms with Crippen LogP contribution in [0.3, 0.4) is 0 Å². The number of nitrogens with zero attached hydrogens (tertiary/aromatic N) is 5. The van der Waals surface area contributed by atoms with E-state index in [9.17, 15) is 4.79 Å². The van der Waals surface area contributed by atoms with E-state index in [0.717, 1.165) is 59.3 Å². The predicted octanol–water partition coefficient (Wildman–Crippen LogP) is 5.55. The van der Waals surface area contributed by atoms with E-state index in [2.05, 4.69) is 44.5 Å². The minimum absolute atomic E-state index is 0.0398. The molecule has 1 aliphatic rings. The maximum absolute atomic E-state index is 13.7. The number of benzene rings is 1. The van der Waals surface area contributed by atoms with Crippen LogP contribution in [-0.4, -0.2) is 30.2 Å². The van der Waals surface area contributed by atoms with E-state index in [1.54, 1.807) is 12.5 Å². The Morgan fingerprint density at radius 2 is 1.97 bits per heavy atom. The van der Waals surface area contributed by atoms with Crippen LogP contribution < -0.4 is 5.56 Å². The van der Waals surface area contributed by atoms with E-state index in [-0.39, 0.29) is 23.4 Å². The van der Waals surface area contributed by atoms with E-state index >= 15 is 0 Å². The molecule has 8 heteroatoms. The molecular weight excluding hydrogens is 476 g/mol. The van der Waals surface area contributed by atoms with Crippen LogP contribution in [0.1, 0.15) is 72.3 Å². The van der Waals surface area contributed by atoms with Gasteiger partial charge in [-0.2, -0.15) is 0 Å². The van der Waals surface area contributed by atoms with Crippen molar-refractivity contribution in [1.29, 1.82) is 0 Å². The SMILES string of the molecule is Cc1ccc2[nH]c(=O)c([C@@H](c3nnnn3C3CCCCC3)[C@H](Cc3cccnc3)Cc3ccco3)cc2c1. The molecule has 0 bridgehead atoms. The van der Waals surface area contributed by atoms with Crippen molar-refractivity contribution in [3.05, 3.63) is 106 Å². The summed E-state index contributed by atoms with van der Waals surface area (Å²) in [6, 6.07) is 16.3. The largest absolute Gasteiger partial charge is 0.469 e. The summed E-state index contributed by atoms with van der Waals surface area (Å²) < 4.78 is 7.81. The summed E-state index contributed by atoms with van der Waals surface area (Å²) in [7, 11) is 0. The van der Waals surface area contributed by atoms with E-state index in [1.807, 2.05) is 47.3 Å². The molecule has 1 aliphatic carbocycles. The first-order valence-electron chi connectivity index (χ1n) is 13.5. The van der Waals surface area contributed by atoms with E-state index in [0.29, 0.717) is 18.4 Å². The number of rotatable bonds is 8. The zero-order chi connectivity index (χ0) is 25.9. The van der Waals surface area contributed by atoms with Crippen molar-refractivity contribution in [2.24, 2.45) is 5.92 Å². The lowest BCUT2D eigenvalue weighted by Crippen LogP contribution is -2.30. The fourth-order valence-electron chi connectivity index (χ4n) is 5.99. The number of hydrogen-bond donors (Lipinski definition) is 1. The average molecular weight is 509 g/mol. The number of tetrazole rings is 1. The summed E-state index contributed by atoms with van der Waals surface area (Å²) in [6.45, 7) is 2.06.